The van der Waals surface area contributed by atoms with E-state index in [0.29, 0.717) is 38.4 Å². The summed E-state index contributed by atoms with van der Waals surface area (Å²) in [5.74, 6) is 0.736. The maximum Gasteiger partial charge on any atom is 0.336 e. The average Bonchev–Trinajstić information content (AvgIpc) is 2.72. The van der Waals surface area contributed by atoms with E-state index in [1.807, 2.05) is 0 Å². The van der Waals surface area contributed by atoms with Crippen molar-refractivity contribution in [2.24, 2.45) is 0 Å². The molecule has 0 atom stereocenters. The summed E-state index contributed by atoms with van der Waals surface area (Å²) in [7, 11) is 12.4. The van der Waals surface area contributed by atoms with Crippen molar-refractivity contribution in [3.05, 3.63) is 35.4 Å². The Labute approximate surface area is 187 Å². The van der Waals surface area contributed by atoms with Gasteiger partial charge in [-0.2, -0.15) is 0 Å². The third-order valence-corrected chi connectivity index (χ3v) is 5.09. The van der Waals surface area contributed by atoms with Crippen LogP contribution in [0.4, 0.5) is 0 Å². The van der Waals surface area contributed by atoms with Gasteiger partial charge in [0.1, 0.15) is 0 Å². The van der Waals surface area contributed by atoms with Gasteiger partial charge < -0.3 is 24.1 Å². The molecule has 2 aromatic rings. The highest BCUT2D eigenvalue weighted by Crippen LogP contribution is 2.37. The Morgan fingerprint density at radius 1 is 0.862 bits per heavy atom. The van der Waals surface area contributed by atoms with Gasteiger partial charge in [0, 0.05) is 9.79 Å². The summed E-state index contributed by atoms with van der Waals surface area (Å²) in [6.45, 7) is 0. The molecule has 0 fully saturated rings. The summed E-state index contributed by atoms with van der Waals surface area (Å²) in [6, 6.07) is 5.99. The van der Waals surface area contributed by atoms with Crippen LogP contribution < -0.4 is 18.9 Å². The van der Waals surface area contributed by atoms with Crippen molar-refractivity contribution in [2.45, 2.75) is 9.79 Å². The molecule has 1 N–H and O–H groups in total. The minimum absolute atomic E-state index is 0.0889. The number of hydrogen-bond acceptors (Lipinski definition) is 8. The van der Waals surface area contributed by atoms with Crippen LogP contribution in [0.2, 0.25) is 0 Å². The number of carbonyl (C=O) groups excluding carboxylic acids is 1. The number of ether oxygens (including phenoxy) is 4. The Balaban J connectivity index is 0.000000291. The summed E-state index contributed by atoms with van der Waals surface area (Å²) < 4.78 is 20.0. The fourth-order valence-electron chi connectivity index (χ4n) is 2.12. The number of thiol groups is 1. The molecule has 2 aromatic carbocycles. The lowest BCUT2D eigenvalue weighted by molar-refractivity contribution is 0.0692. The summed E-state index contributed by atoms with van der Waals surface area (Å²) in [4.78, 5) is 22.7. The second-order valence-corrected chi connectivity index (χ2v) is 6.97. The number of benzene rings is 2. The molecule has 0 aliphatic carbocycles. The maximum absolute atomic E-state index is 11.1. The van der Waals surface area contributed by atoms with E-state index < -0.39 is 11.2 Å². The number of rotatable bonds is 7. The molecule has 0 aromatic heterocycles. The van der Waals surface area contributed by atoms with Gasteiger partial charge in [-0.15, -0.1) is 12.6 Å². The quantitative estimate of drug-likeness (QED) is 0.421. The molecule has 0 saturated heterocycles. The van der Waals surface area contributed by atoms with Crippen molar-refractivity contribution < 1.29 is 33.6 Å². The lowest BCUT2D eigenvalue weighted by Crippen LogP contribution is -2.00. The number of halogens is 2. The summed E-state index contributed by atoms with van der Waals surface area (Å²) >= 11 is 9.43. The lowest BCUT2D eigenvalue weighted by Gasteiger charge is -2.10. The van der Waals surface area contributed by atoms with E-state index in [1.54, 1.807) is 6.07 Å². The molecule has 158 valence electrons. The van der Waals surface area contributed by atoms with Crippen LogP contribution in [0.1, 0.15) is 20.7 Å². The first kappa shape index (κ1) is 25.1. The Morgan fingerprint density at radius 3 is 1.66 bits per heavy atom. The van der Waals surface area contributed by atoms with Gasteiger partial charge in [-0.1, -0.05) is 0 Å². The predicted molar refractivity (Wildman–Crippen MR) is 115 cm³/mol. The average molecular weight is 481 g/mol. The van der Waals surface area contributed by atoms with Gasteiger partial charge in [-0.3, -0.25) is 4.79 Å². The zero-order valence-corrected chi connectivity index (χ0v) is 19.0. The largest absolute Gasteiger partial charge is 0.493 e. The van der Waals surface area contributed by atoms with Gasteiger partial charge in [-0.25, -0.2) is 4.79 Å². The van der Waals surface area contributed by atoms with Gasteiger partial charge in [0.2, 0.25) is 0 Å². The van der Waals surface area contributed by atoms with E-state index in [2.05, 4.69) is 12.6 Å². The fraction of sp³-hybridized carbons (Fsp3) is 0.222. The van der Waals surface area contributed by atoms with Crippen molar-refractivity contribution in [3.8, 4) is 23.0 Å². The van der Waals surface area contributed by atoms with Gasteiger partial charge in [0.15, 0.2) is 23.0 Å². The number of methoxy groups -OCH3 is 4. The molecule has 0 saturated carbocycles. The van der Waals surface area contributed by atoms with Crippen LogP contribution in [0.25, 0.3) is 0 Å². The zero-order chi connectivity index (χ0) is 22.1. The maximum atomic E-state index is 11.1. The van der Waals surface area contributed by atoms with Crippen LogP contribution in [0.5, 0.6) is 23.0 Å². The van der Waals surface area contributed by atoms with Gasteiger partial charge in [0.05, 0.1) is 39.6 Å². The third kappa shape index (κ3) is 6.53. The van der Waals surface area contributed by atoms with Gasteiger partial charge in [0.25, 0.3) is 5.24 Å². The Bertz CT molecular complexity index is 891. The van der Waals surface area contributed by atoms with Gasteiger partial charge in [-0.05, 0) is 57.5 Å². The standard InChI is InChI=1S/C9H8Cl2O3S.C9H10O4S/c1-13-6-3-5(9(10)12)8(15-11)4-7(6)14-2;1-12-6-3-5(9(10)11)8(14)4-7(6)13-2/h3-4H,1-2H3;3-4,14H,1-2H3,(H,10,11). The Morgan fingerprint density at radius 2 is 1.28 bits per heavy atom. The van der Waals surface area contributed by atoms with E-state index in [0.717, 1.165) is 11.0 Å². The highest BCUT2D eigenvalue weighted by Gasteiger charge is 2.15. The van der Waals surface area contributed by atoms with E-state index >= 15 is 0 Å². The highest BCUT2D eigenvalue weighted by atomic mass is 35.7. The molecule has 11 heteroatoms. The number of carboxylic acid groups (broad SMARTS) is 1. The van der Waals surface area contributed by atoms with Gasteiger partial charge >= 0.3 is 5.97 Å². The van der Waals surface area contributed by atoms with Crippen molar-refractivity contribution in [3.63, 3.8) is 0 Å². The first-order valence-corrected chi connectivity index (χ1v) is 10.1. The molecule has 0 aliphatic rings. The van der Waals surface area contributed by atoms with Crippen LogP contribution in [0, 0.1) is 0 Å². The van der Waals surface area contributed by atoms with E-state index in [9.17, 15) is 9.59 Å². The van der Waals surface area contributed by atoms with Crippen LogP contribution in [-0.2, 0) is 0 Å². The molecule has 0 heterocycles. The fourth-order valence-corrected chi connectivity index (χ4v) is 3.38. The zero-order valence-electron chi connectivity index (χ0n) is 15.8. The molecule has 0 unspecified atom stereocenters. The topological polar surface area (TPSA) is 91.3 Å². The minimum atomic E-state index is -1.05. The SMILES string of the molecule is COc1cc(S)c(C(=O)O)cc1OC.COc1cc(SCl)c(C(=O)Cl)cc1OC. The first-order chi connectivity index (χ1) is 13.7. The third-order valence-electron chi connectivity index (χ3n) is 3.51. The van der Waals surface area contributed by atoms with Crippen LogP contribution >= 0.6 is 45.9 Å². The molecule has 0 aliphatic heterocycles. The van der Waals surface area contributed by atoms with Crippen molar-refractivity contribution in [2.75, 3.05) is 28.4 Å². The lowest BCUT2D eigenvalue weighted by atomic mass is 10.2. The van der Waals surface area contributed by atoms with Crippen LogP contribution in [0.3, 0.4) is 0 Å². The summed E-state index contributed by atoms with van der Waals surface area (Å²) in [6.07, 6.45) is 0. The van der Waals surface area contributed by atoms with Crippen molar-refractivity contribution >= 4 is 57.1 Å². The molecule has 0 radical (unpaired) electrons. The molecular weight excluding hydrogens is 463 g/mol. The van der Waals surface area contributed by atoms with Crippen molar-refractivity contribution in [1.82, 2.24) is 0 Å². The first-order valence-electron chi connectivity index (χ1n) is 7.66. The Kier molecular flexibility index (Phi) is 10.3. The second-order valence-electron chi connectivity index (χ2n) is 5.08. The highest BCUT2D eigenvalue weighted by molar-refractivity contribution is 8.21. The van der Waals surface area contributed by atoms with E-state index in [1.165, 1.54) is 46.6 Å². The molecule has 2 rings (SSSR count). The summed E-state index contributed by atoms with van der Waals surface area (Å²) in [5.41, 5.74) is 0.389. The molecule has 0 bridgehead atoms. The van der Waals surface area contributed by atoms with E-state index in [-0.39, 0.29) is 5.56 Å². The molecule has 7 nitrogen and oxygen atoms in total. The normalized spacial score (nSPS) is 9.76. The Hall–Kier alpha value is -1.94. The monoisotopic (exact) mass is 480 g/mol. The number of carbonyl (C=O) groups is 2. The molecule has 29 heavy (non-hydrogen) atoms. The second kappa shape index (κ2) is 11.9. The van der Waals surface area contributed by atoms with Crippen molar-refractivity contribution in [1.29, 1.82) is 0 Å². The summed E-state index contributed by atoms with van der Waals surface area (Å²) in [5, 5.41) is 8.22. The van der Waals surface area contributed by atoms with Crippen LogP contribution in [0.15, 0.2) is 34.1 Å². The van der Waals surface area contributed by atoms with E-state index in [4.69, 9.17) is 46.3 Å². The smallest absolute Gasteiger partial charge is 0.336 e. The number of hydrogen-bond donors (Lipinski definition) is 2. The minimum Gasteiger partial charge on any atom is -0.493 e. The molecule has 0 amide bonds. The number of carboxylic acids is 1. The predicted octanol–water partition coefficient (Wildman–Crippen LogP) is 5.02. The van der Waals surface area contributed by atoms with Crippen LogP contribution in [-0.4, -0.2) is 44.8 Å². The molecular formula is C18H18Cl2O7S2. The number of aromatic carboxylic acids is 1. The molecule has 0 spiro atoms.